The summed E-state index contributed by atoms with van der Waals surface area (Å²) in [6.45, 7) is 4.60. The van der Waals surface area contributed by atoms with E-state index in [1.807, 2.05) is 115 Å². The molecule has 0 saturated carbocycles. The number of carbonyl (C=O) groups excluding carboxylic acids is 1. The first kappa shape index (κ1) is 30.1. The highest BCUT2D eigenvalue weighted by Crippen LogP contribution is 2.51. The van der Waals surface area contributed by atoms with Crippen LogP contribution in [0.2, 0.25) is 0 Å². The van der Waals surface area contributed by atoms with E-state index in [1.165, 1.54) is 22.3 Å². The standard InChI is InChI=1S/C47H32N4O/c1-47(2)39-23-12-11-21-34(39)37-28-42-38(27-40(37)47)35-25-24-32(43(52)36-22-13-19-29-14-9-10-20-33(29)36)26-41(35)51(42)46-49-44(30-15-5-3-6-16-30)48-45(50-46)31-17-7-4-8-18-31/h3-28H,1-2H3. The highest BCUT2D eigenvalue weighted by atomic mass is 16.1. The molecule has 246 valence electrons. The van der Waals surface area contributed by atoms with Crippen molar-refractivity contribution in [1.29, 1.82) is 0 Å². The zero-order chi connectivity index (χ0) is 35.0. The maximum atomic E-state index is 14.4. The fraction of sp³-hybridized carbons (Fsp3) is 0.0638. The quantitative estimate of drug-likeness (QED) is 0.171. The summed E-state index contributed by atoms with van der Waals surface area (Å²) in [5, 5.41) is 4.09. The lowest BCUT2D eigenvalue weighted by Gasteiger charge is -2.21. The molecule has 0 aliphatic heterocycles. The van der Waals surface area contributed by atoms with Gasteiger partial charge in [0.05, 0.1) is 11.0 Å². The van der Waals surface area contributed by atoms with Crippen LogP contribution in [0.4, 0.5) is 0 Å². The van der Waals surface area contributed by atoms with Gasteiger partial charge in [0.25, 0.3) is 0 Å². The minimum atomic E-state index is -0.174. The van der Waals surface area contributed by atoms with Crippen molar-refractivity contribution >= 4 is 38.4 Å². The van der Waals surface area contributed by atoms with Crippen LogP contribution >= 0.6 is 0 Å². The summed E-state index contributed by atoms with van der Waals surface area (Å²) in [6.07, 6.45) is 0. The second kappa shape index (κ2) is 11.4. The van der Waals surface area contributed by atoms with Gasteiger partial charge in [-0.1, -0.05) is 153 Å². The third-order valence-electron chi connectivity index (χ3n) is 10.7. The lowest BCUT2D eigenvalue weighted by atomic mass is 9.82. The Morgan fingerprint density at radius 3 is 1.90 bits per heavy atom. The summed E-state index contributed by atoms with van der Waals surface area (Å²) < 4.78 is 2.12. The SMILES string of the molecule is CC1(C)c2ccccc2-c2cc3c(cc21)c1ccc(C(=O)c2cccc4ccccc24)cc1n3-c1nc(-c2ccccc2)nc(-c2ccccc2)n1. The molecule has 0 spiro atoms. The predicted molar refractivity (Wildman–Crippen MR) is 210 cm³/mol. The molecule has 0 atom stereocenters. The van der Waals surface area contributed by atoms with Crippen molar-refractivity contribution in [2.45, 2.75) is 19.3 Å². The van der Waals surface area contributed by atoms with Gasteiger partial charge >= 0.3 is 0 Å². The van der Waals surface area contributed by atoms with E-state index in [2.05, 4.69) is 60.9 Å². The normalized spacial score (nSPS) is 13.0. The molecule has 0 radical (unpaired) electrons. The van der Waals surface area contributed by atoms with Crippen LogP contribution in [0.15, 0.2) is 158 Å². The van der Waals surface area contributed by atoms with E-state index in [-0.39, 0.29) is 11.2 Å². The highest BCUT2D eigenvalue weighted by Gasteiger charge is 2.36. The van der Waals surface area contributed by atoms with E-state index in [4.69, 9.17) is 15.0 Å². The van der Waals surface area contributed by atoms with E-state index < -0.39 is 0 Å². The molecular weight excluding hydrogens is 637 g/mol. The number of rotatable bonds is 5. The van der Waals surface area contributed by atoms with Gasteiger partial charge in [-0.05, 0) is 51.2 Å². The van der Waals surface area contributed by atoms with Crippen molar-refractivity contribution in [2.75, 3.05) is 0 Å². The molecule has 52 heavy (non-hydrogen) atoms. The molecule has 7 aromatic carbocycles. The van der Waals surface area contributed by atoms with E-state index >= 15 is 0 Å². The molecule has 0 N–H and O–H groups in total. The Balaban J connectivity index is 1.28. The van der Waals surface area contributed by atoms with Gasteiger partial charge in [-0.2, -0.15) is 9.97 Å². The molecule has 10 rings (SSSR count). The summed E-state index contributed by atoms with van der Waals surface area (Å²) in [5.74, 6) is 1.62. The van der Waals surface area contributed by atoms with Crippen LogP contribution in [0.5, 0.6) is 0 Å². The predicted octanol–water partition coefficient (Wildman–Crippen LogP) is 11.0. The fourth-order valence-corrected chi connectivity index (χ4v) is 8.04. The Morgan fingerprint density at radius 1 is 0.519 bits per heavy atom. The minimum absolute atomic E-state index is 0.0290. The van der Waals surface area contributed by atoms with Crippen molar-refractivity contribution in [3.63, 3.8) is 0 Å². The van der Waals surface area contributed by atoms with E-state index in [0.29, 0.717) is 28.7 Å². The number of nitrogens with zero attached hydrogens (tertiary/aromatic N) is 4. The monoisotopic (exact) mass is 668 g/mol. The Kier molecular flexibility index (Phi) is 6.61. The number of carbonyl (C=O) groups is 1. The lowest BCUT2D eigenvalue weighted by molar-refractivity contribution is 0.104. The molecule has 1 aliphatic rings. The second-order valence-electron chi connectivity index (χ2n) is 14.0. The summed E-state index contributed by atoms with van der Waals surface area (Å²) in [4.78, 5) is 29.7. The summed E-state index contributed by atoms with van der Waals surface area (Å²) in [5.41, 5.74) is 9.76. The van der Waals surface area contributed by atoms with Gasteiger partial charge in [-0.25, -0.2) is 4.98 Å². The summed E-state index contributed by atoms with van der Waals surface area (Å²) in [7, 11) is 0. The van der Waals surface area contributed by atoms with Crippen LogP contribution in [0.25, 0.3) is 72.4 Å². The molecule has 1 aliphatic carbocycles. The van der Waals surface area contributed by atoms with Crippen molar-refractivity contribution in [1.82, 2.24) is 19.5 Å². The molecule has 2 heterocycles. The average molecular weight is 669 g/mol. The first-order chi connectivity index (χ1) is 25.5. The zero-order valence-electron chi connectivity index (χ0n) is 28.7. The van der Waals surface area contributed by atoms with Crippen LogP contribution in [0.3, 0.4) is 0 Å². The lowest BCUT2D eigenvalue weighted by Crippen LogP contribution is -2.14. The zero-order valence-corrected chi connectivity index (χ0v) is 28.7. The van der Waals surface area contributed by atoms with Crippen molar-refractivity contribution in [3.05, 3.63) is 180 Å². The largest absolute Gasteiger partial charge is 0.289 e. The van der Waals surface area contributed by atoms with Crippen LogP contribution in [-0.2, 0) is 5.41 Å². The molecule has 0 unspecified atom stereocenters. The molecule has 9 aromatic rings. The van der Waals surface area contributed by atoms with Crippen molar-refractivity contribution in [3.8, 4) is 39.9 Å². The molecule has 0 bridgehead atoms. The molecule has 5 heteroatoms. The van der Waals surface area contributed by atoms with E-state index in [0.717, 1.165) is 43.7 Å². The second-order valence-corrected chi connectivity index (χ2v) is 14.0. The number of fused-ring (bicyclic) bond motifs is 7. The van der Waals surface area contributed by atoms with E-state index in [1.54, 1.807) is 0 Å². The topological polar surface area (TPSA) is 60.7 Å². The van der Waals surface area contributed by atoms with E-state index in [9.17, 15) is 4.79 Å². The minimum Gasteiger partial charge on any atom is -0.289 e. The number of ketones is 1. The maximum absolute atomic E-state index is 14.4. The van der Waals surface area contributed by atoms with Gasteiger partial charge in [-0.15, -0.1) is 0 Å². The Bertz CT molecular complexity index is 2830. The van der Waals surface area contributed by atoms with Crippen LogP contribution in [0.1, 0.15) is 40.9 Å². The maximum Gasteiger partial charge on any atom is 0.238 e. The van der Waals surface area contributed by atoms with Gasteiger partial charge in [0.15, 0.2) is 17.4 Å². The average Bonchev–Trinajstić information content (AvgIpc) is 3.64. The van der Waals surface area contributed by atoms with Gasteiger partial charge < -0.3 is 0 Å². The van der Waals surface area contributed by atoms with Crippen LogP contribution < -0.4 is 0 Å². The third-order valence-corrected chi connectivity index (χ3v) is 10.7. The van der Waals surface area contributed by atoms with Gasteiger partial charge in [0.1, 0.15) is 0 Å². The molecule has 0 fully saturated rings. The Labute approximate surface area is 300 Å². The molecule has 0 saturated heterocycles. The fourth-order valence-electron chi connectivity index (χ4n) is 8.04. The van der Waals surface area contributed by atoms with Gasteiger partial charge in [-0.3, -0.25) is 9.36 Å². The number of hydrogen-bond donors (Lipinski definition) is 0. The first-order valence-electron chi connectivity index (χ1n) is 17.6. The molecule has 2 aromatic heterocycles. The highest BCUT2D eigenvalue weighted by molar-refractivity contribution is 6.19. The summed E-state index contributed by atoms with van der Waals surface area (Å²) >= 11 is 0. The molecule has 0 amide bonds. The van der Waals surface area contributed by atoms with Crippen molar-refractivity contribution < 1.29 is 4.79 Å². The Morgan fingerprint density at radius 2 is 1.15 bits per heavy atom. The number of benzene rings is 7. The van der Waals surface area contributed by atoms with Crippen molar-refractivity contribution in [2.24, 2.45) is 0 Å². The smallest absolute Gasteiger partial charge is 0.238 e. The summed E-state index contributed by atoms with van der Waals surface area (Å²) in [6, 6.07) is 53.4. The Hall–Kier alpha value is -6.72. The first-order valence-corrected chi connectivity index (χ1v) is 17.6. The number of aromatic nitrogens is 4. The van der Waals surface area contributed by atoms with Gasteiger partial charge in [0.2, 0.25) is 5.95 Å². The van der Waals surface area contributed by atoms with Gasteiger partial charge in [0, 0.05) is 38.4 Å². The van der Waals surface area contributed by atoms with Crippen LogP contribution in [0, 0.1) is 0 Å². The molecule has 5 nitrogen and oxygen atoms in total. The molecular formula is C47H32N4O. The number of hydrogen-bond acceptors (Lipinski definition) is 4. The van der Waals surface area contributed by atoms with Crippen LogP contribution in [-0.4, -0.2) is 25.3 Å². The third kappa shape index (κ3) is 4.56.